The van der Waals surface area contributed by atoms with E-state index in [4.69, 9.17) is 9.72 Å². The van der Waals surface area contributed by atoms with Crippen LogP contribution in [0.4, 0.5) is 31.5 Å². The van der Waals surface area contributed by atoms with E-state index in [1.54, 1.807) is 0 Å². The van der Waals surface area contributed by atoms with Gasteiger partial charge in [0, 0.05) is 53.4 Å². The molecular formula is C50H42F2N4O+2. The smallest absolute Gasteiger partial charge is 0.457 e. The fraction of sp³-hybridized carbons (Fsp3) is 0.160. The molecule has 0 fully saturated rings. The minimum Gasteiger partial charge on any atom is -0.457 e. The number of pyridine rings is 1. The number of aromatic nitrogens is 2. The largest absolute Gasteiger partial charge is 0.503 e. The zero-order chi connectivity index (χ0) is 39.6. The fourth-order valence-corrected chi connectivity index (χ4v) is 7.66. The molecule has 8 aromatic rings. The van der Waals surface area contributed by atoms with Gasteiger partial charge in [-0.25, -0.2) is 13.8 Å². The molecule has 9 rings (SSSR count). The maximum Gasteiger partial charge on any atom is 0.503 e. The lowest BCUT2D eigenvalue weighted by Gasteiger charge is -2.20. The molecular weight excluding hydrogens is 711 g/mol. The first-order valence-electron chi connectivity index (χ1n) is 19.2. The Morgan fingerprint density at radius 3 is 1.95 bits per heavy atom. The van der Waals surface area contributed by atoms with Crippen LogP contribution in [0, 0.1) is 11.6 Å². The Labute approximate surface area is 331 Å². The number of para-hydroxylation sites is 4. The standard InChI is InChI=1S/C50H42F2N4O/c1-49(2,3)33-21-22-53-48(27-33)56-44-16-10-8-14-41(44)42-20-19-38(30-47(42)56)57-39-26-34(50(4,5)6)25-37(29-39)54-31-55(46-18-12-11-17-45(46)54)43-15-9-7-13-40(43)32-23-35(51)28-36(52)24-32/h7-30H,1-6H3/q+2. The molecule has 0 bridgehead atoms. The van der Waals surface area contributed by atoms with Gasteiger partial charge in [-0.15, -0.1) is 0 Å². The van der Waals surface area contributed by atoms with Gasteiger partial charge in [0.2, 0.25) is 11.4 Å². The summed E-state index contributed by atoms with van der Waals surface area (Å²) in [6.45, 7) is 13.2. The van der Waals surface area contributed by atoms with Crippen molar-refractivity contribution in [3.63, 3.8) is 0 Å². The Morgan fingerprint density at radius 1 is 0.561 bits per heavy atom. The third-order valence-electron chi connectivity index (χ3n) is 10.6. The molecule has 0 amide bonds. The Bertz CT molecular complexity index is 2960. The van der Waals surface area contributed by atoms with Gasteiger partial charge in [0.1, 0.15) is 29.0 Å². The van der Waals surface area contributed by atoms with Crippen LogP contribution in [0.2, 0.25) is 0 Å². The summed E-state index contributed by atoms with van der Waals surface area (Å²) in [6.07, 6.45) is 1.89. The third-order valence-corrected chi connectivity index (χ3v) is 10.6. The van der Waals surface area contributed by atoms with Crippen molar-refractivity contribution in [1.82, 2.24) is 18.7 Å². The second-order valence-electron chi connectivity index (χ2n) is 16.7. The Kier molecular flexibility index (Phi) is 8.52. The Hall–Kier alpha value is -6.69. The number of rotatable bonds is 6. The number of hydrogen-bond acceptors (Lipinski definition) is 2. The summed E-state index contributed by atoms with van der Waals surface area (Å²) in [7, 11) is 0. The van der Waals surface area contributed by atoms with Gasteiger partial charge in [-0.1, -0.05) is 84.0 Å². The van der Waals surface area contributed by atoms with Gasteiger partial charge < -0.3 is 4.74 Å². The average molecular weight is 753 g/mol. The third kappa shape index (κ3) is 6.60. The number of fused-ring (bicyclic) bond motifs is 4. The zero-order valence-corrected chi connectivity index (χ0v) is 32.8. The van der Waals surface area contributed by atoms with E-state index in [9.17, 15) is 8.78 Å². The molecule has 0 saturated heterocycles. The van der Waals surface area contributed by atoms with E-state index in [2.05, 4.69) is 113 Å². The molecule has 0 saturated carbocycles. The first-order valence-corrected chi connectivity index (χ1v) is 19.2. The molecule has 6 aromatic carbocycles. The number of hydrogen-bond donors (Lipinski definition) is 0. The second-order valence-corrected chi connectivity index (χ2v) is 16.7. The van der Waals surface area contributed by atoms with Crippen LogP contribution in [-0.2, 0) is 10.8 Å². The van der Waals surface area contributed by atoms with Crippen LogP contribution in [0.5, 0.6) is 11.5 Å². The lowest BCUT2D eigenvalue weighted by molar-refractivity contribution is 0.479. The number of nitrogens with zero attached hydrogens (tertiary/aromatic N) is 4. The van der Waals surface area contributed by atoms with Crippen molar-refractivity contribution in [2.24, 2.45) is 0 Å². The summed E-state index contributed by atoms with van der Waals surface area (Å²) < 4.78 is 41.9. The summed E-state index contributed by atoms with van der Waals surface area (Å²) in [5, 5.41) is 2.26. The molecule has 0 aliphatic carbocycles. The molecule has 7 heteroatoms. The van der Waals surface area contributed by atoms with Crippen molar-refractivity contribution in [3.05, 3.63) is 168 Å². The predicted octanol–water partition coefficient (Wildman–Crippen LogP) is 13.4. The Balaban J connectivity index is 1.19. The van der Waals surface area contributed by atoms with Crippen molar-refractivity contribution < 1.29 is 13.5 Å². The first kappa shape index (κ1) is 36.0. The monoisotopic (exact) mass is 752 g/mol. The molecule has 1 aliphatic rings. The second kappa shape index (κ2) is 13.5. The van der Waals surface area contributed by atoms with Gasteiger partial charge in [-0.2, -0.15) is 0 Å². The topological polar surface area (TPSA) is 33.1 Å². The predicted molar refractivity (Wildman–Crippen MR) is 229 cm³/mol. The normalized spacial score (nSPS) is 12.8. The van der Waals surface area contributed by atoms with Crippen LogP contribution in [0.25, 0.3) is 38.8 Å². The van der Waals surface area contributed by atoms with Crippen molar-refractivity contribution in [2.45, 2.75) is 52.4 Å². The quantitative estimate of drug-likeness (QED) is 0.159. The molecule has 0 spiro atoms. The zero-order valence-electron chi connectivity index (χ0n) is 32.8. The van der Waals surface area contributed by atoms with Gasteiger partial charge in [-0.05, 0) is 91.3 Å². The van der Waals surface area contributed by atoms with Gasteiger partial charge in [0.05, 0.1) is 22.7 Å². The fourth-order valence-electron chi connectivity index (χ4n) is 7.66. The SMILES string of the molecule is CC(C)(C)c1cc(Oc2ccc3c4ccccc4n(-c4cc(C(C)(C)C)ccn4)c3c2)cc([N+]2=C=[N+](c3ccccc3-c3cc(F)cc(F)c3)c3ccccc32)c1. The maximum atomic E-state index is 14.5. The van der Waals surface area contributed by atoms with Crippen molar-refractivity contribution in [1.29, 1.82) is 0 Å². The molecule has 0 atom stereocenters. The summed E-state index contributed by atoms with van der Waals surface area (Å²) in [5.74, 6) is 0.976. The number of halogens is 2. The van der Waals surface area contributed by atoms with Crippen LogP contribution in [-0.4, -0.2) is 15.6 Å². The molecule has 57 heavy (non-hydrogen) atoms. The minimum absolute atomic E-state index is 0.0354. The van der Waals surface area contributed by atoms with Crippen molar-refractivity contribution >= 4 is 50.6 Å². The summed E-state index contributed by atoms with van der Waals surface area (Å²) in [6, 6.07) is 48.1. The first-order chi connectivity index (χ1) is 27.3. The Morgan fingerprint density at radius 2 is 1.21 bits per heavy atom. The highest BCUT2D eigenvalue weighted by atomic mass is 19.1. The van der Waals surface area contributed by atoms with Crippen LogP contribution in [0.3, 0.4) is 0 Å². The van der Waals surface area contributed by atoms with Crippen LogP contribution in [0.15, 0.2) is 146 Å². The van der Waals surface area contributed by atoms with E-state index < -0.39 is 11.6 Å². The molecule has 3 heterocycles. The van der Waals surface area contributed by atoms with Crippen LogP contribution >= 0.6 is 0 Å². The highest BCUT2D eigenvalue weighted by Crippen LogP contribution is 2.42. The molecule has 0 unspecified atom stereocenters. The lowest BCUT2D eigenvalue weighted by Crippen LogP contribution is -2.12. The van der Waals surface area contributed by atoms with Crippen LogP contribution < -0.4 is 13.9 Å². The number of benzene rings is 6. The minimum atomic E-state index is -0.630. The van der Waals surface area contributed by atoms with Crippen LogP contribution in [0.1, 0.15) is 52.7 Å². The summed E-state index contributed by atoms with van der Waals surface area (Å²) in [5.41, 5.74) is 8.65. The molecule has 0 radical (unpaired) electrons. The van der Waals surface area contributed by atoms with E-state index in [1.165, 1.54) is 17.7 Å². The van der Waals surface area contributed by atoms with Crippen molar-refractivity contribution in [3.8, 4) is 28.4 Å². The number of ether oxygens (including phenoxy) is 1. The lowest BCUT2D eigenvalue weighted by atomic mass is 9.86. The maximum absolute atomic E-state index is 14.5. The van der Waals surface area contributed by atoms with E-state index >= 15 is 0 Å². The van der Waals surface area contributed by atoms with Gasteiger partial charge in [-0.3, -0.25) is 4.57 Å². The summed E-state index contributed by atoms with van der Waals surface area (Å²) in [4.78, 5) is 4.85. The highest BCUT2D eigenvalue weighted by Gasteiger charge is 2.38. The van der Waals surface area contributed by atoms with Gasteiger partial charge in [0.15, 0.2) is 0 Å². The van der Waals surface area contributed by atoms with Gasteiger partial charge in [0.25, 0.3) is 11.4 Å². The molecule has 1 aliphatic heterocycles. The molecule has 5 nitrogen and oxygen atoms in total. The molecule has 2 aromatic heterocycles. The van der Waals surface area contributed by atoms with E-state index in [1.807, 2.05) is 76.0 Å². The molecule has 0 N–H and O–H groups in total. The van der Waals surface area contributed by atoms with Crippen molar-refractivity contribution in [2.75, 3.05) is 0 Å². The van der Waals surface area contributed by atoms with E-state index in [0.717, 1.165) is 62.0 Å². The average Bonchev–Trinajstić information content (AvgIpc) is 3.73. The summed E-state index contributed by atoms with van der Waals surface area (Å²) >= 11 is 0. The molecule has 280 valence electrons. The van der Waals surface area contributed by atoms with E-state index in [0.29, 0.717) is 22.6 Å². The van der Waals surface area contributed by atoms with Gasteiger partial charge >= 0.3 is 6.01 Å². The van der Waals surface area contributed by atoms with E-state index in [-0.39, 0.29) is 10.8 Å². The highest BCUT2D eigenvalue weighted by molar-refractivity contribution is 6.09.